The molecule has 1 amide bonds. The lowest BCUT2D eigenvalue weighted by Gasteiger charge is -2.24. The molecule has 1 N–H and O–H groups in total. The molecule has 1 atom stereocenters. The van der Waals surface area contributed by atoms with E-state index in [1.54, 1.807) is 49.4 Å². The van der Waals surface area contributed by atoms with Gasteiger partial charge in [-0.05, 0) is 61.7 Å². The highest BCUT2D eigenvalue weighted by atomic mass is 32.1. The van der Waals surface area contributed by atoms with E-state index in [0.717, 1.165) is 49.9 Å². The molecule has 3 aromatic rings. The minimum absolute atomic E-state index is 0.119. The maximum absolute atomic E-state index is 13.7. The molecule has 11 heteroatoms. The van der Waals surface area contributed by atoms with Crippen LogP contribution >= 0.6 is 11.3 Å². The summed E-state index contributed by atoms with van der Waals surface area (Å²) in [6.07, 6.45) is 6.10. The molecule has 1 saturated heterocycles. The SMILES string of the molecule is CCCCCCOc1ccc(C2/C(=C(\O)c3ccc(OCCCC)cc3)C(=O)C(=O)N2c2nc(C)c(C(=O)OC)s2)cc1OC. The average Bonchev–Trinajstić information content (AvgIpc) is 3.56. The fourth-order valence-corrected chi connectivity index (χ4v) is 6.01. The summed E-state index contributed by atoms with van der Waals surface area (Å²) in [6, 6.07) is 10.8. The van der Waals surface area contributed by atoms with Crippen LogP contribution in [0.2, 0.25) is 0 Å². The molecule has 0 spiro atoms. The van der Waals surface area contributed by atoms with Gasteiger partial charge >= 0.3 is 11.9 Å². The van der Waals surface area contributed by atoms with Crippen molar-refractivity contribution in [3.05, 3.63) is 69.7 Å². The molecule has 0 aliphatic carbocycles. The predicted molar refractivity (Wildman–Crippen MR) is 172 cm³/mol. The van der Waals surface area contributed by atoms with Gasteiger partial charge in [-0.2, -0.15) is 0 Å². The lowest BCUT2D eigenvalue weighted by atomic mass is 9.95. The fourth-order valence-electron chi connectivity index (χ4n) is 5.00. The first-order valence-corrected chi connectivity index (χ1v) is 16.0. The highest BCUT2D eigenvalue weighted by Crippen LogP contribution is 2.45. The summed E-state index contributed by atoms with van der Waals surface area (Å²) in [5, 5.41) is 11.7. The summed E-state index contributed by atoms with van der Waals surface area (Å²) in [4.78, 5) is 45.6. The van der Waals surface area contributed by atoms with Crippen LogP contribution in [0, 0.1) is 6.92 Å². The van der Waals surface area contributed by atoms with Gasteiger partial charge in [-0.15, -0.1) is 0 Å². The van der Waals surface area contributed by atoms with E-state index < -0.39 is 23.7 Å². The molecule has 240 valence electrons. The normalized spacial score (nSPS) is 15.8. The molecule has 2 aromatic carbocycles. The molecular formula is C34H40N2O8S. The van der Waals surface area contributed by atoms with Crippen LogP contribution in [0.15, 0.2) is 48.0 Å². The third kappa shape index (κ3) is 7.47. The first-order chi connectivity index (χ1) is 21.7. The molecule has 1 unspecified atom stereocenters. The number of unbranched alkanes of at least 4 members (excludes halogenated alkanes) is 4. The largest absolute Gasteiger partial charge is 0.507 e. The van der Waals surface area contributed by atoms with Crippen LogP contribution in [0.3, 0.4) is 0 Å². The predicted octanol–water partition coefficient (Wildman–Crippen LogP) is 7.01. The molecule has 1 aliphatic rings. The number of hydrogen-bond acceptors (Lipinski definition) is 10. The number of hydrogen-bond donors (Lipinski definition) is 1. The van der Waals surface area contributed by atoms with Crippen LogP contribution in [0.5, 0.6) is 17.2 Å². The minimum Gasteiger partial charge on any atom is -0.507 e. The average molecular weight is 637 g/mol. The molecule has 1 aliphatic heterocycles. The first kappa shape index (κ1) is 33.5. The third-order valence-corrected chi connectivity index (χ3v) is 8.60. The van der Waals surface area contributed by atoms with Crippen LogP contribution in [0.4, 0.5) is 5.13 Å². The van der Waals surface area contributed by atoms with Gasteiger partial charge in [0.1, 0.15) is 16.4 Å². The number of rotatable bonds is 15. The number of carbonyl (C=O) groups is 3. The second-order valence-electron chi connectivity index (χ2n) is 10.6. The number of anilines is 1. The highest BCUT2D eigenvalue weighted by Gasteiger charge is 2.48. The van der Waals surface area contributed by atoms with Crippen molar-refractivity contribution in [1.82, 2.24) is 4.98 Å². The number of carbonyl (C=O) groups excluding carboxylic acids is 3. The molecule has 45 heavy (non-hydrogen) atoms. The zero-order chi connectivity index (χ0) is 32.5. The van der Waals surface area contributed by atoms with Crippen LogP contribution in [-0.2, 0) is 14.3 Å². The molecule has 0 radical (unpaired) electrons. The van der Waals surface area contributed by atoms with Gasteiger partial charge in [0.25, 0.3) is 5.78 Å². The summed E-state index contributed by atoms with van der Waals surface area (Å²) >= 11 is 0.936. The van der Waals surface area contributed by atoms with Crippen LogP contribution < -0.4 is 19.1 Å². The third-order valence-electron chi connectivity index (χ3n) is 7.46. The van der Waals surface area contributed by atoms with Gasteiger partial charge in [0.05, 0.1) is 44.7 Å². The molecule has 10 nitrogen and oxygen atoms in total. The van der Waals surface area contributed by atoms with Gasteiger partial charge in [-0.3, -0.25) is 14.5 Å². The second-order valence-corrected chi connectivity index (χ2v) is 11.6. The van der Waals surface area contributed by atoms with E-state index in [4.69, 9.17) is 18.9 Å². The summed E-state index contributed by atoms with van der Waals surface area (Å²) in [6.45, 7) is 6.92. The molecular weight excluding hydrogens is 596 g/mol. The number of esters is 1. The van der Waals surface area contributed by atoms with E-state index in [0.29, 0.717) is 47.3 Å². The van der Waals surface area contributed by atoms with Crippen LogP contribution in [0.1, 0.15) is 84.9 Å². The van der Waals surface area contributed by atoms with Crippen molar-refractivity contribution in [3.8, 4) is 17.2 Å². The minimum atomic E-state index is -1.07. The van der Waals surface area contributed by atoms with Crippen molar-refractivity contribution >= 4 is 39.9 Å². The lowest BCUT2D eigenvalue weighted by molar-refractivity contribution is -0.132. The van der Waals surface area contributed by atoms with E-state index in [-0.39, 0.29) is 21.3 Å². The van der Waals surface area contributed by atoms with Gasteiger partial charge in [-0.1, -0.05) is 56.9 Å². The summed E-state index contributed by atoms with van der Waals surface area (Å²) < 4.78 is 22.2. The van der Waals surface area contributed by atoms with E-state index in [2.05, 4.69) is 18.8 Å². The first-order valence-electron chi connectivity index (χ1n) is 15.2. The van der Waals surface area contributed by atoms with Crippen molar-refractivity contribution < 1.29 is 38.4 Å². The Morgan fingerprint density at radius 3 is 2.31 bits per heavy atom. The van der Waals surface area contributed by atoms with E-state index >= 15 is 0 Å². The number of ketones is 1. The molecule has 1 aromatic heterocycles. The van der Waals surface area contributed by atoms with Crippen molar-refractivity contribution in [2.45, 2.75) is 65.3 Å². The molecule has 2 heterocycles. The van der Waals surface area contributed by atoms with Crippen LogP contribution in [-0.4, -0.2) is 55.2 Å². The number of aliphatic hydroxyl groups excluding tert-OH is 1. The summed E-state index contributed by atoms with van der Waals surface area (Å²) in [5.74, 6) is -1.17. The van der Waals surface area contributed by atoms with E-state index in [1.807, 2.05) is 0 Å². The Labute approximate surface area is 267 Å². The Kier molecular flexibility index (Phi) is 11.6. The molecule has 0 saturated carbocycles. The quantitative estimate of drug-likeness (QED) is 0.0617. The summed E-state index contributed by atoms with van der Waals surface area (Å²) in [7, 11) is 2.77. The number of aryl methyl sites for hydroxylation is 1. The van der Waals surface area contributed by atoms with Crippen molar-refractivity contribution in [1.29, 1.82) is 0 Å². The number of Topliss-reactive ketones (excluding diaryl/α,β-unsaturated/α-hetero) is 1. The summed E-state index contributed by atoms with van der Waals surface area (Å²) in [5.41, 5.74) is 1.05. The van der Waals surface area contributed by atoms with Crippen LogP contribution in [0.25, 0.3) is 5.76 Å². The number of ether oxygens (including phenoxy) is 4. The van der Waals surface area contributed by atoms with Gasteiger partial charge in [0, 0.05) is 5.56 Å². The Morgan fingerprint density at radius 1 is 0.933 bits per heavy atom. The number of amides is 1. The Morgan fingerprint density at radius 2 is 1.64 bits per heavy atom. The fraction of sp³-hybridized carbons (Fsp3) is 0.412. The van der Waals surface area contributed by atoms with Crippen molar-refractivity contribution in [3.63, 3.8) is 0 Å². The number of methoxy groups -OCH3 is 2. The van der Waals surface area contributed by atoms with Gasteiger partial charge in [-0.25, -0.2) is 9.78 Å². The maximum Gasteiger partial charge on any atom is 0.350 e. The standard InChI is InChI=1S/C34H40N2O8S/c1-6-8-10-11-19-44-25-17-14-23(20-26(25)41-4)28-27(29(37)22-12-15-24(16-13-22)43-18-9-7-2)30(38)32(39)36(28)34-35-21(3)31(45-34)33(40)42-5/h12-17,20,28,37H,6-11,18-19H2,1-5H3/b29-27+. The Balaban J connectivity index is 1.79. The van der Waals surface area contributed by atoms with Crippen molar-refractivity contribution in [2.24, 2.45) is 0 Å². The number of thiazole rings is 1. The Hall–Kier alpha value is -4.38. The molecule has 1 fully saturated rings. The lowest BCUT2D eigenvalue weighted by Crippen LogP contribution is -2.29. The van der Waals surface area contributed by atoms with Gasteiger partial charge in [0.15, 0.2) is 16.6 Å². The smallest absolute Gasteiger partial charge is 0.350 e. The zero-order valence-corrected chi connectivity index (χ0v) is 27.2. The van der Waals surface area contributed by atoms with Gasteiger partial charge < -0.3 is 24.1 Å². The van der Waals surface area contributed by atoms with Gasteiger partial charge in [0.2, 0.25) is 0 Å². The van der Waals surface area contributed by atoms with Crippen molar-refractivity contribution in [2.75, 3.05) is 32.3 Å². The Bertz CT molecular complexity index is 1550. The zero-order valence-electron chi connectivity index (χ0n) is 26.4. The molecule has 4 rings (SSSR count). The van der Waals surface area contributed by atoms with E-state index in [1.165, 1.54) is 19.1 Å². The second kappa shape index (κ2) is 15.6. The number of nitrogens with zero attached hydrogens (tertiary/aromatic N) is 2. The number of aromatic nitrogens is 1. The maximum atomic E-state index is 13.7. The molecule has 0 bridgehead atoms. The number of aliphatic hydroxyl groups is 1. The topological polar surface area (TPSA) is 124 Å². The monoisotopic (exact) mass is 636 g/mol. The van der Waals surface area contributed by atoms with E-state index in [9.17, 15) is 19.5 Å². The highest BCUT2D eigenvalue weighted by molar-refractivity contribution is 7.17. The number of benzene rings is 2.